The summed E-state index contributed by atoms with van der Waals surface area (Å²) in [5, 5.41) is 12.9. The molecular weight excluding hydrogens is 387 g/mol. The highest BCUT2D eigenvalue weighted by atomic mass is 19.4. The van der Waals surface area contributed by atoms with E-state index in [0.717, 1.165) is 31.4 Å². The fourth-order valence-electron chi connectivity index (χ4n) is 3.89. The molecular formula is C20H26F3N3O3. The van der Waals surface area contributed by atoms with Crippen molar-refractivity contribution in [2.24, 2.45) is 0 Å². The van der Waals surface area contributed by atoms with Crippen LogP contribution in [0.25, 0.3) is 0 Å². The predicted octanol–water partition coefficient (Wildman–Crippen LogP) is 2.17. The molecule has 0 aromatic heterocycles. The number of alkyl halides is 3. The lowest BCUT2D eigenvalue weighted by Gasteiger charge is -2.36. The van der Waals surface area contributed by atoms with Crippen LogP contribution in [0.3, 0.4) is 0 Å². The maximum atomic E-state index is 12.9. The Morgan fingerprint density at radius 1 is 1.07 bits per heavy atom. The van der Waals surface area contributed by atoms with E-state index in [0.29, 0.717) is 44.7 Å². The van der Waals surface area contributed by atoms with Gasteiger partial charge >= 0.3 is 6.18 Å². The summed E-state index contributed by atoms with van der Waals surface area (Å²) in [7, 11) is 0. The predicted molar refractivity (Wildman–Crippen MR) is 101 cm³/mol. The molecule has 1 aliphatic heterocycles. The molecule has 0 unspecified atom stereocenters. The summed E-state index contributed by atoms with van der Waals surface area (Å²) in [5.74, 6) is -0.769. The molecule has 29 heavy (non-hydrogen) atoms. The van der Waals surface area contributed by atoms with E-state index in [1.165, 1.54) is 6.07 Å². The zero-order valence-corrected chi connectivity index (χ0v) is 16.2. The number of amides is 2. The zero-order valence-electron chi connectivity index (χ0n) is 16.2. The number of rotatable bonds is 4. The first-order chi connectivity index (χ1) is 13.7. The normalized spacial score (nSPS) is 19.7. The van der Waals surface area contributed by atoms with Crippen molar-refractivity contribution >= 4 is 17.5 Å². The molecule has 0 radical (unpaired) electrons. The van der Waals surface area contributed by atoms with E-state index >= 15 is 0 Å². The molecule has 1 aromatic rings. The molecule has 3 rings (SSSR count). The highest BCUT2D eigenvalue weighted by Gasteiger charge is 2.37. The second kappa shape index (κ2) is 8.61. The number of nitrogens with zero attached hydrogens (tertiary/aromatic N) is 2. The van der Waals surface area contributed by atoms with Gasteiger partial charge in [0.1, 0.15) is 5.60 Å². The van der Waals surface area contributed by atoms with Gasteiger partial charge in [-0.15, -0.1) is 0 Å². The Labute approximate surface area is 167 Å². The monoisotopic (exact) mass is 413 g/mol. The number of carbonyl (C=O) groups is 2. The van der Waals surface area contributed by atoms with Crippen molar-refractivity contribution in [2.45, 2.75) is 43.9 Å². The standard InChI is InChI=1S/C20H26F3N3O3/c21-20(22,23)15-5-4-6-16(13-15)25-9-11-26(12-10-25)17(27)14-24-18(28)19(29)7-2-1-3-8-19/h4-6,13,29H,1-3,7-12,14H2,(H,24,28). The fourth-order valence-corrected chi connectivity index (χ4v) is 3.89. The minimum absolute atomic E-state index is 0.190. The van der Waals surface area contributed by atoms with Crippen molar-refractivity contribution in [1.82, 2.24) is 10.2 Å². The third-order valence-corrected chi connectivity index (χ3v) is 5.67. The summed E-state index contributed by atoms with van der Waals surface area (Å²) in [5.41, 5.74) is -1.61. The molecule has 2 fully saturated rings. The summed E-state index contributed by atoms with van der Waals surface area (Å²) in [6.45, 7) is 1.34. The second-order valence-electron chi connectivity index (χ2n) is 7.69. The molecule has 0 atom stereocenters. The van der Waals surface area contributed by atoms with Gasteiger partial charge in [-0.2, -0.15) is 13.2 Å². The van der Waals surface area contributed by atoms with E-state index < -0.39 is 23.2 Å². The van der Waals surface area contributed by atoms with Crippen LogP contribution in [0.5, 0.6) is 0 Å². The Morgan fingerprint density at radius 3 is 2.34 bits per heavy atom. The van der Waals surface area contributed by atoms with E-state index in [9.17, 15) is 27.9 Å². The highest BCUT2D eigenvalue weighted by Crippen LogP contribution is 2.32. The van der Waals surface area contributed by atoms with Crippen LogP contribution in [0.1, 0.15) is 37.7 Å². The van der Waals surface area contributed by atoms with Gasteiger partial charge in [-0.1, -0.05) is 25.3 Å². The average Bonchev–Trinajstić information content (AvgIpc) is 2.72. The van der Waals surface area contributed by atoms with Gasteiger partial charge < -0.3 is 20.2 Å². The number of piperazine rings is 1. The van der Waals surface area contributed by atoms with Crippen molar-refractivity contribution in [3.63, 3.8) is 0 Å². The van der Waals surface area contributed by atoms with E-state index in [4.69, 9.17) is 0 Å². The van der Waals surface area contributed by atoms with Crippen LogP contribution < -0.4 is 10.2 Å². The quantitative estimate of drug-likeness (QED) is 0.794. The van der Waals surface area contributed by atoms with Crippen LogP contribution in [0.4, 0.5) is 18.9 Å². The number of hydrogen-bond acceptors (Lipinski definition) is 4. The minimum atomic E-state index is -4.39. The lowest BCUT2D eigenvalue weighted by atomic mass is 9.84. The SMILES string of the molecule is O=C(CNC(=O)C1(O)CCCCC1)N1CCN(c2cccc(C(F)(F)F)c2)CC1. The molecule has 2 N–H and O–H groups in total. The van der Waals surface area contributed by atoms with Gasteiger partial charge in [0, 0.05) is 31.9 Å². The van der Waals surface area contributed by atoms with Crippen LogP contribution >= 0.6 is 0 Å². The molecule has 0 spiro atoms. The maximum absolute atomic E-state index is 12.9. The van der Waals surface area contributed by atoms with Gasteiger partial charge in [-0.3, -0.25) is 9.59 Å². The first-order valence-electron chi connectivity index (χ1n) is 9.90. The Balaban J connectivity index is 1.49. The van der Waals surface area contributed by atoms with Crippen molar-refractivity contribution in [3.05, 3.63) is 29.8 Å². The Kier molecular flexibility index (Phi) is 6.36. The zero-order chi connectivity index (χ0) is 21.1. The lowest BCUT2D eigenvalue weighted by molar-refractivity contribution is -0.145. The van der Waals surface area contributed by atoms with Crippen LogP contribution in [-0.2, 0) is 15.8 Å². The van der Waals surface area contributed by atoms with Crippen LogP contribution in [0.15, 0.2) is 24.3 Å². The first kappa shape index (κ1) is 21.4. The van der Waals surface area contributed by atoms with Crippen molar-refractivity contribution in [1.29, 1.82) is 0 Å². The molecule has 1 saturated heterocycles. The third kappa shape index (κ3) is 5.20. The molecule has 1 heterocycles. The molecule has 1 aliphatic carbocycles. The molecule has 1 saturated carbocycles. The van der Waals surface area contributed by atoms with E-state index in [-0.39, 0.29) is 12.5 Å². The number of benzene rings is 1. The average molecular weight is 413 g/mol. The molecule has 2 amide bonds. The summed E-state index contributed by atoms with van der Waals surface area (Å²) < 4.78 is 38.7. The number of anilines is 1. The fraction of sp³-hybridized carbons (Fsp3) is 0.600. The van der Waals surface area contributed by atoms with Crippen molar-refractivity contribution in [2.75, 3.05) is 37.6 Å². The van der Waals surface area contributed by atoms with Crippen LogP contribution in [0, 0.1) is 0 Å². The second-order valence-corrected chi connectivity index (χ2v) is 7.69. The Morgan fingerprint density at radius 2 is 1.72 bits per heavy atom. The number of hydrogen-bond donors (Lipinski definition) is 2. The molecule has 160 valence electrons. The molecule has 1 aromatic carbocycles. The van der Waals surface area contributed by atoms with Gasteiger partial charge in [0.2, 0.25) is 5.91 Å². The highest BCUT2D eigenvalue weighted by molar-refractivity contribution is 5.89. The van der Waals surface area contributed by atoms with Crippen LogP contribution in [0.2, 0.25) is 0 Å². The van der Waals surface area contributed by atoms with E-state index in [1.807, 2.05) is 4.90 Å². The van der Waals surface area contributed by atoms with Gasteiger partial charge in [-0.05, 0) is 31.0 Å². The number of nitrogens with one attached hydrogen (secondary N) is 1. The topological polar surface area (TPSA) is 72.9 Å². The summed E-state index contributed by atoms with van der Waals surface area (Å²) in [6.07, 6.45) is -1.02. The number of aliphatic hydroxyl groups is 1. The first-order valence-corrected chi connectivity index (χ1v) is 9.90. The van der Waals surface area contributed by atoms with E-state index in [2.05, 4.69) is 5.32 Å². The Bertz CT molecular complexity index is 740. The molecule has 6 nitrogen and oxygen atoms in total. The number of halogens is 3. The third-order valence-electron chi connectivity index (χ3n) is 5.67. The minimum Gasteiger partial charge on any atom is -0.380 e. The lowest BCUT2D eigenvalue weighted by Crippen LogP contribution is -2.54. The molecule has 9 heteroatoms. The van der Waals surface area contributed by atoms with E-state index in [1.54, 1.807) is 11.0 Å². The largest absolute Gasteiger partial charge is 0.416 e. The smallest absolute Gasteiger partial charge is 0.380 e. The van der Waals surface area contributed by atoms with Gasteiger partial charge in [0.25, 0.3) is 5.91 Å². The molecule has 2 aliphatic rings. The summed E-state index contributed by atoms with van der Waals surface area (Å²) in [6, 6.07) is 5.15. The summed E-state index contributed by atoms with van der Waals surface area (Å²) in [4.78, 5) is 28.0. The van der Waals surface area contributed by atoms with Gasteiger partial charge in [0.05, 0.1) is 12.1 Å². The van der Waals surface area contributed by atoms with Gasteiger partial charge in [0.15, 0.2) is 0 Å². The summed E-state index contributed by atoms with van der Waals surface area (Å²) >= 11 is 0. The maximum Gasteiger partial charge on any atom is 0.416 e. The molecule has 0 bridgehead atoms. The van der Waals surface area contributed by atoms with Crippen molar-refractivity contribution in [3.8, 4) is 0 Å². The van der Waals surface area contributed by atoms with Gasteiger partial charge in [-0.25, -0.2) is 0 Å². The van der Waals surface area contributed by atoms with Crippen molar-refractivity contribution < 1.29 is 27.9 Å². The Hall–Kier alpha value is -2.29. The van der Waals surface area contributed by atoms with Crippen LogP contribution in [-0.4, -0.2) is 60.1 Å². The number of carbonyl (C=O) groups excluding carboxylic acids is 2.